The van der Waals surface area contributed by atoms with Crippen molar-refractivity contribution in [1.82, 2.24) is 14.3 Å². The molecule has 7 heteroatoms. The minimum atomic E-state index is -0.891. The first kappa shape index (κ1) is 21.6. The lowest BCUT2D eigenvalue weighted by atomic mass is 9.66. The molecule has 178 valence electrons. The second-order valence-electron chi connectivity index (χ2n) is 9.81. The van der Waals surface area contributed by atoms with Gasteiger partial charge in [-0.2, -0.15) is 0 Å². The molecule has 0 bridgehead atoms. The standard InChI is InChI=1S/C27H32N4O3/c32-25(24-23-12-6-7-14-31(23)26(28-24)29-16-18-34-19-17-29)30-15-13-27(33,20-8-2-1-3-9-20)21-10-4-5-11-22(21)30/h1-3,6-9,12,14,21-22,33H,4-5,10-11,13,15-19H2/t21-,22+,27?/m1/s1. The molecule has 7 nitrogen and oxygen atoms in total. The topological polar surface area (TPSA) is 70.3 Å². The maximum Gasteiger partial charge on any atom is 0.275 e. The van der Waals surface area contributed by atoms with E-state index in [1.807, 2.05) is 64.0 Å². The summed E-state index contributed by atoms with van der Waals surface area (Å²) < 4.78 is 7.55. The van der Waals surface area contributed by atoms with E-state index < -0.39 is 5.60 Å². The minimum Gasteiger partial charge on any atom is -0.385 e. The Bertz CT molecular complexity index is 1170. The van der Waals surface area contributed by atoms with Gasteiger partial charge in [-0.1, -0.05) is 49.2 Å². The normalized spacial score (nSPS) is 27.6. The van der Waals surface area contributed by atoms with Crippen molar-refractivity contribution in [2.24, 2.45) is 5.92 Å². The van der Waals surface area contributed by atoms with Crippen LogP contribution in [0.15, 0.2) is 54.7 Å². The molecule has 1 amide bonds. The molecule has 1 N–H and O–H groups in total. The summed E-state index contributed by atoms with van der Waals surface area (Å²) in [6.07, 6.45) is 6.56. The fourth-order valence-electron chi connectivity index (χ4n) is 6.32. The van der Waals surface area contributed by atoms with E-state index >= 15 is 0 Å². The number of hydrogen-bond acceptors (Lipinski definition) is 5. The quantitative estimate of drug-likeness (QED) is 0.648. The molecular weight excluding hydrogens is 428 g/mol. The van der Waals surface area contributed by atoms with Crippen molar-refractivity contribution >= 4 is 17.4 Å². The summed E-state index contributed by atoms with van der Waals surface area (Å²) >= 11 is 0. The molecule has 3 aliphatic rings. The van der Waals surface area contributed by atoms with Gasteiger partial charge in [0.05, 0.1) is 24.3 Å². The van der Waals surface area contributed by atoms with Gasteiger partial charge in [-0.15, -0.1) is 0 Å². The van der Waals surface area contributed by atoms with E-state index in [9.17, 15) is 9.90 Å². The number of carbonyl (C=O) groups is 1. The molecule has 6 rings (SSSR count). The SMILES string of the molecule is O=C(c1nc(N2CCOCC2)n2ccccc12)N1CCC(O)(c2ccccc2)[C@@H]2CCCC[C@@H]21. The zero-order valence-electron chi connectivity index (χ0n) is 19.5. The van der Waals surface area contributed by atoms with Crippen LogP contribution >= 0.6 is 0 Å². The van der Waals surface area contributed by atoms with Crippen molar-refractivity contribution in [3.05, 3.63) is 66.0 Å². The number of morpholine rings is 1. The van der Waals surface area contributed by atoms with Gasteiger partial charge in [0.1, 0.15) is 0 Å². The number of aromatic nitrogens is 2. The highest BCUT2D eigenvalue weighted by Gasteiger charge is 2.50. The molecule has 2 aliphatic heterocycles. The van der Waals surface area contributed by atoms with Crippen LogP contribution in [0.1, 0.15) is 48.2 Å². The van der Waals surface area contributed by atoms with E-state index in [-0.39, 0.29) is 17.9 Å². The van der Waals surface area contributed by atoms with E-state index in [0.29, 0.717) is 31.9 Å². The summed E-state index contributed by atoms with van der Waals surface area (Å²) in [6.45, 7) is 3.39. The van der Waals surface area contributed by atoms with Crippen molar-refractivity contribution in [3.8, 4) is 0 Å². The number of nitrogens with zero attached hydrogens (tertiary/aromatic N) is 4. The van der Waals surface area contributed by atoms with Crippen molar-refractivity contribution in [2.45, 2.75) is 43.7 Å². The lowest BCUT2D eigenvalue weighted by Crippen LogP contribution is -2.59. The van der Waals surface area contributed by atoms with Crippen LogP contribution < -0.4 is 4.90 Å². The first-order valence-electron chi connectivity index (χ1n) is 12.6. The number of likely N-dealkylation sites (tertiary alicyclic amines) is 1. The van der Waals surface area contributed by atoms with E-state index in [1.165, 1.54) is 0 Å². The molecule has 3 fully saturated rings. The minimum absolute atomic E-state index is 0.0183. The van der Waals surface area contributed by atoms with E-state index in [4.69, 9.17) is 9.72 Å². The molecule has 34 heavy (non-hydrogen) atoms. The molecule has 3 aromatic rings. The first-order valence-corrected chi connectivity index (χ1v) is 12.6. The summed E-state index contributed by atoms with van der Waals surface area (Å²) in [5.41, 5.74) is 1.43. The van der Waals surface area contributed by atoms with Crippen LogP contribution in [0.2, 0.25) is 0 Å². The average Bonchev–Trinajstić information content (AvgIpc) is 3.30. The summed E-state index contributed by atoms with van der Waals surface area (Å²) in [5.74, 6) is 0.824. The lowest BCUT2D eigenvalue weighted by molar-refractivity contribution is -0.110. The summed E-state index contributed by atoms with van der Waals surface area (Å²) in [7, 11) is 0. The van der Waals surface area contributed by atoms with Crippen LogP contribution in [-0.4, -0.2) is 64.2 Å². The fourth-order valence-corrected chi connectivity index (χ4v) is 6.32. The summed E-state index contributed by atoms with van der Waals surface area (Å²) in [4.78, 5) is 23.1. The van der Waals surface area contributed by atoms with Gasteiger partial charge in [0.15, 0.2) is 5.69 Å². The highest BCUT2D eigenvalue weighted by Crippen LogP contribution is 2.47. The largest absolute Gasteiger partial charge is 0.385 e. The number of piperidine rings is 1. The molecular formula is C27H32N4O3. The van der Waals surface area contributed by atoms with Gasteiger partial charge in [0.2, 0.25) is 5.95 Å². The molecule has 2 saturated heterocycles. The number of fused-ring (bicyclic) bond motifs is 2. The fraction of sp³-hybridized carbons (Fsp3) is 0.481. The predicted octanol–water partition coefficient (Wildman–Crippen LogP) is 3.46. The van der Waals surface area contributed by atoms with Gasteiger partial charge >= 0.3 is 0 Å². The number of pyridine rings is 1. The molecule has 4 heterocycles. The molecule has 1 saturated carbocycles. The molecule has 1 aromatic carbocycles. The van der Waals surface area contributed by atoms with Crippen LogP contribution in [0, 0.1) is 5.92 Å². The Balaban J connectivity index is 1.35. The molecule has 1 unspecified atom stereocenters. The van der Waals surface area contributed by atoms with Gasteiger partial charge in [-0.05, 0) is 37.0 Å². The highest BCUT2D eigenvalue weighted by atomic mass is 16.5. The van der Waals surface area contributed by atoms with Gasteiger partial charge in [-0.25, -0.2) is 4.98 Å². The number of anilines is 1. The van der Waals surface area contributed by atoms with E-state index in [2.05, 4.69) is 4.90 Å². The molecule has 0 radical (unpaired) electrons. The second-order valence-corrected chi connectivity index (χ2v) is 9.81. The van der Waals surface area contributed by atoms with Crippen LogP contribution in [0.4, 0.5) is 5.95 Å². The van der Waals surface area contributed by atoms with Gasteiger partial charge < -0.3 is 19.6 Å². The maximum atomic E-state index is 14.0. The van der Waals surface area contributed by atoms with Crippen molar-refractivity contribution in [1.29, 1.82) is 0 Å². The Morgan fingerprint density at radius 1 is 1.00 bits per heavy atom. The van der Waals surface area contributed by atoms with Crippen LogP contribution in [0.5, 0.6) is 0 Å². The predicted molar refractivity (Wildman–Crippen MR) is 130 cm³/mol. The maximum absolute atomic E-state index is 14.0. The van der Waals surface area contributed by atoms with Crippen LogP contribution in [0.3, 0.4) is 0 Å². The number of carbonyl (C=O) groups excluding carboxylic acids is 1. The smallest absolute Gasteiger partial charge is 0.275 e. The monoisotopic (exact) mass is 460 g/mol. The van der Waals surface area contributed by atoms with Crippen molar-refractivity contribution in [2.75, 3.05) is 37.7 Å². The number of ether oxygens (including phenoxy) is 1. The number of aliphatic hydroxyl groups is 1. The molecule has 0 spiro atoms. The summed E-state index contributed by atoms with van der Waals surface area (Å²) in [5, 5.41) is 11.9. The van der Waals surface area contributed by atoms with Crippen molar-refractivity contribution in [3.63, 3.8) is 0 Å². The van der Waals surface area contributed by atoms with Gasteiger partial charge in [0.25, 0.3) is 5.91 Å². The third-order valence-electron chi connectivity index (χ3n) is 8.04. The Kier molecular flexibility index (Phi) is 5.54. The van der Waals surface area contributed by atoms with Gasteiger partial charge in [-0.3, -0.25) is 9.20 Å². The first-order chi connectivity index (χ1) is 16.7. The van der Waals surface area contributed by atoms with E-state index in [0.717, 1.165) is 55.8 Å². The van der Waals surface area contributed by atoms with E-state index in [1.54, 1.807) is 0 Å². The Morgan fingerprint density at radius 2 is 1.76 bits per heavy atom. The third-order valence-corrected chi connectivity index (χ3v) is 8.04. The summed E-state index contributed by atoms with van der Waals surface area (Å²) in [6, 6.07) is 16.0. The molecule has 3 atom stereocenters. The number of hydrogen-bond donors (Lipinski definition) is 1. The number of imidazole rings is 1. The highest BCUT2D eigenvalue weighted by molar-refractivity contribution is 6.00. The third kappa shape index (κ3) is 3.49. The lowest BCUT2D eigenvalue weighted by Gasteiger charge is -2.52. The zero-order chi connectivity index (χ0) is 23.1. The number of amides is 1. The molecule has 2 aromatic heterocycles. The van der Waals surface area contributed by atoms with Crippen LogP contribution in [0.25, 0.3) is 5.52 Å². The van der Waals surface area contributed by atoms with Crippen LogP contribution in [-0.2, 0) is 10.3 Å². The zero-order valence-corrected chi connectivity index (χ0v) is 19.5. The van der Waals surface area contributed by atoms with Gasteiger partial charge in [0, 0.05) is 37.8 Å². The number of benzene rings is 1. The average molecular weight is 461 g/mol. The Hall–Kier alpha value is -2.90. The number of rotatable bonds is 3. The van der Waals surface area contributed by atoms with Crippen molar-refractivity contribution < 1.29 is 14.6 Å². The Labute approximate surface area is 200 Å². The Morgan fingerprint density at radius 3 is 2.59 bits per heavy atom. The molecule has 1 aliphatic carbocycles. The second kappa shape index (κ2) is 8.71.